The molecule has 5 nitrogen and oxygen atoms in total. The second-order valence-corrected chi connectivity index (χ2v) is 6.15. The molecule has 0 aliphatic heterocycles. The van der Waals surface area contributed by atoms with Crippen molar-refractivity contribution in [2.45, 2.75) is 26.0 Å². The van der Waals surface area contributed by atoms with Crippen molar-refractivity contribution in [3.05, 3.63) is 59.7 Å². The SMILES string of the molecule is COc1cccc(COc2ccc(C[C@@H](C)N(C)CC(=O)O)cc2)c1.Cl. The van der Waals surface area contributed by atoms with Crippen molar-refractivity contribution in [1.82, 2.24) is 4.90 Å². The summed E-state index contributed by atoms with van der Waals surface area (Å²) in [4.78, 5) is 12.6. The fourth-order valence-corrected chi connectivity index (χ4v) is 2.52. The Morgan fingerprint density at radius 2 is 1.81 bits per heavy atom. The maximum Gasteiger partial charge on any atom is 0.317 e. The van der Waals surface area contributed by atoms with Crippen LogP contribution in [0.15, 0.2) is 48.5 Å². The van der Waals surface area contributed by atoms with E-state index < -0.39 is 5.97 Å². The van der Waals surface area contributed by atoms with Crippen LogP contribution in [0.3, 0.4) is 0 Å². The van der Waals surface area contributed by atoms with Crippen molar-refractivity contribution in [2.75, 3.05) is 20.7 Å². The van der Waals surface area contributed by atoms with E-state index in [4.69, 9.17) is 14.6 Å². The number of carbonyl (C=O) groups is 1. The quantitative estimate of drug-likeness (QED) is 0.720. The molecule has 2 aromatic carbocycles. The highest BCUT2D eigenvalue weighted by Gasteiger charge is 2.12. The van der Waals surface area contributed by atoms with E-state index in [1.807, 2.05) is 67.4 Å². The zero-order valence-corrected chi connectivity index (χ0v) is 16.2. The Bertz CT molecular complexity index is 690. The Morgan fingerprint density at radius 3 is 2.42 bits per heavy atom. The molecule has 0 unspecified atom stereocenters. The highest BCUT2D eigenvalue weighted by molar-refractivity contribution is 5.85. The topological polar surface area (TPSA) is 59.0 Å². The van der Waals surface area contributed by atoms with Gasteiger partial charge in [-0.25, -0.2) is 0 Å². The van der Waals surface area contributed by atoms with Gasteiger partial charge in [-0.1, -0.05) is 24.3 Å². The number of likely N-dealkylation sites (N-methyl/N-ethyl adjacent to an activating group) is 1. The molecule has 0 aliphatic rings. The Labute approximate surface area is 161 Å². The number of hydrogen-bond acceptors (Lipinski definition) is 4. The lowest BCUT2D eigenvalue weighted by Crippen LogP contribution is -2.35. The lowest BCUT2D eigenvalue weighted by molar-refractivity contribution is -0.138. The first-order valence-corrected chi connectivity index (χ1v) is 8.24. The zero-order chi connectivity index (χ0) is 18.2. The fourth-order valence-electron chi connectivity index (χ4n) is 2.52. The molecule has 0 aromatic heterocycles. The van der Waals surface area contributed by atoms with Gasteiger partial charge >= 0.3 is 5.97 Å². The van der Waals surface area contributed by atoms with Gasteiger partial charge in [0.15, 0.2) is 0 Å². The average Bonchev–Trinajstić information content (AvgIpc) is 2.60. The Morgan fingerprint density at radius 1 is 1.12 bits per heavy atom. The standard InChI is InChI=1S/C20H25NO4.ClH/c1-15(21(2)13-20(22)23)11-16-7-9-18(10-8-16)25-14-17-5-4-6-19(12-17)24-3;/h4-10,12,15H,11,13-14H2,1-3H3,(H,22,23);1H/t15-;/m1./s1. The summed E-state index contributed by atoms with van der Waals surface area (Å²) in [6.45, 7) is 2.55. The minimum atomic E-state index is -0.810. The molecule has 0 radical (unpaired) electrons. The minimum absolute atomic E-state index is 0. The smallest absolute Gasteiger partial charge is 0.317 e. The van der Waals surface area contributed by atoms with E-state index >= 15 is 0 Å². The minimum Gasteiger partial charge on any atom is -0.497 e. The molecule has 6 heteroatoms. The van der Waals surface area contributed by atoms with Gasteiger partial charge in [-0.05, 0) is 55.8 Å². The summed E-state index contributed by atoms with van der Waals surface area (Å²) in [6.07, 6.45) is 0.792. The number of rotatable bonds is 9. The number of carboxylic acid groups (broad SMARTS) is 1. The number of methoxy groups -OCH3 is 1. The van der Waals surface area contributed by atoms with Gasteiger partial charge in [0.2, 0.25) is 0 Å². The highest BCUT2D eigenvalue weighted by Crippen LogP contribution is 2.18. The monoisotopic (exact) mass is 379 g/mol. The molecule has 142 valence electrons. The van der Waals surface area contributed by atoms with E-state index in [9.17, 15) is 4.79 Å². The lowest BCUT2D eigenvalue weighted by atomic mass is 10.1. The Kier molecular flexibility index (Phi) is 8.96. The van der Waals surface area contributed by atoms with Crippen LogP contribution in [0.2, 0.25) is 0 Å². The van der Waals surface area contributed by atoms with E-state index in [1.165, 1.54) is 0 Å². The molecule has 26 heavy (non-hydrogen) atoms. The predicted octanol–water partition coefficient (Wildman–Crippen LogP) is 3.64. The first-order valence-electron chi connectivity index (χ1n) is 8.24. The van der Waals surface area contributed by atoms with Gasteiger partial charge in [-0.3, -0.25) is 9.69 Å². The van der Waals surface area contributed by atoms with Gasteiger partial charge < -0.3 is 14.6 Å². The van der Waals surface area contributed by atoms with E-state index in [0.29, 0.717) is 6.61 Å². The van der Waals surface area contributed by atoms with Crippen molar-refractivity contribution in [1.29, 1.82) is 0 Å². The third-order valence-corrected chi connectivity index (χ3v) is 4.13. The van der Waals surface area contributed by atoms with Gasteiger partial charge in [0, 0.05) is 6.04 Å². The van der Waals surface area contributed by atoms with Crippen LogP contribution in [-0.2, 0) is 17.8 Å². The number of nitrogens with zero attached hydrogens (tertiary/aromatic N) is 1. The first kappa shape index (κ1) is 21.8. The van der Waals surface area contributed by atoms with Gasteiger partial charge in [0.25, 0.3) is 0 Å². The maximum absolute atomic E-state index is 10.8. The summed E-state index contributed by atoms with van der Waals surface area (Å²) in [5.74, 6) is 0.810. The summed E-state index contributed by atoms with van der Waals surface area (Å²) in [5, 5.41) is 8.86. The van der Waals surface area contributed by atoms with E-state index in [2.05, 4.69) is 0 Å². The third kappa shape index (κ3) is 6.94. The Balaban J connectivity index is 0.00000338. The summed E-state index contributed by atoms with van der Waals surface area (Å²) in [7, 11) is 3.47. The first-order chi connectivity index (χ1) is 12.0. The molecule has 0 heterocycles. The van der Waals surface area contributed by atoms with Crippen molar-refractivity contribution in [3.8, 4) is 11.5 Å². The number of ether oxygens (including phenoxy) is 2. The number of carboxylic acids is 1. The Hall–Kier alpha value is -2.24. The maximum atomic E-state index is 10.8. The lowest BCUT2D eigenvalue weighted by Gasteiger charge is -2.22. The van der Waals surface area contributed by atoms with Crippen molar-refractivity contribution >= 4 is 18.4 Å². The number of aliphatic carboxylic acids is 1. The van der Waals surface area contributed by atoms with E-state index in [-0.39, 0.29) is 25.0 Å². The van der Waals surface area contributed by atoms with Gasteiger partial charge in [-0.15, -0.1) is 12.4 Å². The molecule has 0 bridgehead atoms. The number of benzene rings is 2. The molecule has 2 aromatic rings. The fraction of sp³-hybridized carbons (Fsp3) is 0.350. The molecule has 2 rings (SSSR count). The highest BCUT2D eigenvalue weighted by atomic mass is 35.5. The molecular weight excluding hydrogens is 354 g/mol. The van der Waals surface area contributed by atoms with Crippen molar-refractivity contribution in [3.63, 3.8) is 0 Å². The second-order valence-electron chi connectivity index (χ2n) is 6.15. The summed E-state index contributed by atoms with van der Waals surface area (Å²) in [5.41, 5.74) is 2.20. The average molecular weight is 380 g/mol. The van der Waals surface area contributed by atoms with E-state index in [1.54, 1.807) is 7.11 Å². The molecule has 1 atom stereocenters. The molecule has 0 saturated carbocycles. The summed E-state index contributed by atoms with van der Waals surface area (Å²) >= 11 is 0. The molecule has 0 aliphatic carbocycles. The van der Waals surface area contributed by atoms with Crippen molar-refractivity contribution < 1.29 is 19.4 Å². The van der Waals surface area contributed by atoms with Crippen LogP contribution in [0.25, 0.3) is 0 Å². The van der Waals surface area contributed by atoms with Crippen LogP contribution in [0.5, 0.6) is 11.5 Å². The van der Waals surface area contributed by atoms with Crippen LogP contribution in [0.1, 0.15) is 18.1 Å². The van der Waals surface area contributed by atoms with Crippen LogP contribution >= 0.6 is 12.4 Å². The third-order valence-electron chi connectivity index (χ3n) is 4.13. The van der Waals surface area contributed by atoms with Gasteiger partial charge in [-0.2, -0.15) is 0 Å². The zero-order valence-electron chi connectivity index (χ0n) is 15.3. The predicted molar refractivity (Wildman–Crippen MR) is 104 cm³/mol. The van der Waals surface area contributed by atoms with Crippen LogP contribution in [-0.4, -0.2) is 42.7 Å². The summed E-state index contributed by atoms with van der Waals surface area (Å²) < 4.78 is 11.0. The molecule has 0 amide bonds. The van der Waals surface area contributed by atoms with Crippen molar-refractivity contribution in [2.24, 2.45) is 0 Å². The molecule has 0 saturated heterocycles. The van der Waals surface area contributed by atoms with Gasteiger partial charge in [0.1, 0.15) is 18.1 Å². The second kappa shape index (κ2) is 10.7. The normalized spacial score (nSPS) is 11.5. The van der Waals surface area contributed by atoms with Gasteiger partial charge in [0.05, 0.1) is 13.7 Å². The summed E-state index contributed by atoms with van der Waals surface area (Å²) in [6, 6.07) is 15.9. The largest absolute Gasteiger partial charge is 0.497 e. The van der Waals surface area contributed by atoms with E-state index in [0.717, 1.165) is 29.0 Å². The molecule has 0 fully saturated rings. The molecule has 1 N–H and O–H groups in total. The number of hydrogen-bond donors (Lipinski definition) is 1. The molecular formula is C20H26ClNO4. The molecule has 0 spiro atoms. The van der Waals surface area contributed by atoms with Crippen LogP contribution in [0.4, 0.5) is 0 Å². The number of halogens is 1. The van der Waals surface area contributed by atoms with Crippen LogP contribution in [0, 0.1) is 0 Å². The van der Waals surface area contributed by atoms with Crippen LogP contribution < -0.4 is 9.47 Å².